The minimum absolute atomic E-state index is 0.312. The van der Waals surface area contributed by atoms with Gasteiger partial charge in [-0.1, -0.05) is 30.3 Å². The minimum Gasteiger partial charge on any atom is -0.489 e. The van der Waals surface area contributed by atoms with E-state index in [9.17, 15) is 9.59 Å². The Hall–Kier alpha value is -3.28. The van der Waals surface area contributed by atoms with E-state index in [1.807, 2.05) is 54.6 Å². The Morgan fingerprint density at radius 1 is 1.04 bits per heavy atom. The number of hydrogen-bond acceptors (Lipinski definition) is 4. The highest BCUT2D eigenvalue weighted by Crippen LogP contribution is 2.23. The summed E-state index contributed by atoms with van der Waals surface area (Å²) in [6.45, 7) is 0.502. The van der Waals surface area contributed by atoms with Crippen LogP contribution in [0.25, 0.3) is 10.9 Å². The number of cyclic esters (lactones) is 1. The number of aromatic amines is 1. The van der Waals surface area contributed by atoms with Crippen LogP contribution in [0.5, 0.6) is 5.75 Å². The second kappa shape index (κ2) is 6.32. The van der Waals surface area contributed by atoms with Crippen molar-refractivity contribution in [3.8, 4) is 5.75 Å². The summed E-state index contributed by atoms with van der Waals surface area (Å²) in [5.41, 5.74) is 2.86. The molecule has 1 aliphatic rings. The molecular formula is C19H16N2O4. The van der Waals surface area contributed by atoms with Crippen LogP contribution in [-0.4, -0.2) is 23.1 Å². The molecule has 0 spiro atoms. The molecule has 2 N–H and O–H groups in total. The summed E-state index contributed by atoms with van der Waals surface area (Å²) in [6.07, 6.45) is -1.16. The molecule has 0 saturated carbocycles. The van der Waals surface area contributed by atoms with Gasteiger partial charge in [0.05, 0.1) is 0 Å². The molecule has 0 bridgehead atoms. The van der Waals surface area contributed by atoms with E-state index in [1.54, 1.807) is 0 Å². The number of aromatic nitrogens is 1. The smallest absolute Gasteiger partial charge is 0.414 e. The minimum atomic E-state index is -0.783. The molecule has 2 amide bonds. The molecule has 2 heterocycles. The zero-order valence-corrected chi connectivity index (χ0v) is 13.3. The molecule has 1 aromatic heterocycles. The van der Waals surface area contributed by atoms with E-state index >= 15 is 0 Å². The number of carbonyl (C=O) groups excluding carboxylic acids is 2. The molecule has 25 heavy (non-hydrogen) atoms. The lowest BCUT2D eigenvalue weighted by Gasteiger charge is -2.06. The average molecular weight is 336 g/mol. The van der Waals surface area contributed by atoms with Crippen LogP contribution < -0.4 is 10.1 Å². The largest absolute Gasteiger partial charge is 0.489 e. The lowest BCUT2D eigenvalue weighted by Crippen LogP contribution is -2.25. The van der Waals surface area contributed by atoms with Crippen molar-refractivity contribution in [1.29, 1.82) is 0 Å². The van der Waals surface area contributed by atoms with Gasteiger partial charge in [0.2, 0.25) is 0 Å². The van der Waals surface area contributed by atoms with Crippen LogP contribution in [0, 0.1) is 0 Å². The lowest BCUT2D eigenvalue weighted by molar-refractivity contribution is -0.123. The summed E-state index contributed by atoms with van der Waals surface area (Å²) in [6, 6.07) is 17.7. The van der Waals surface area contributed by atoms with Gasteiger partial charge < -0.3 is 14.5 Å². The highest BCUT2D eigenvalue weighted by atomic mass is 16.6. The van der Waals surface area contributed by atoms with Gasteiger partial charge >= 0.3 is 6.09 Å². The zero-order valence-electron chi connectivity index (χ0n) is 13.3. The Morgan fingerprint density at radius 3 is 2.64 bits per heavy atom. The number of hydrogen-bond donors (Lipinski definition) is 2. The quantitative estimate of drug-likeness (QED) is 0.751. The number of amides is 2. The van der Waals surface area contributed by atoms with Crippen molar-refractivity contribution in [3.05, 3.63) is 65.9 Å². The van der Waals surface area contributed by atoms with E-state index in [0.717, 1.165) is 27.9 Å². The normalized spacial score (nSPS) is 16.7. The van der Waals surface area contributed by atoms with Crippen molar-refractivity contribution in [2.45, 2.75) is 19.1 Å². The second-order valence-corrected chi connectivity index (χ2v) is 5.91. The van der Waals surface area contributed by atoms with Gasteiger partial charge in [0.1, 0.15) is 12.4 Å². The van der Waals surface area contributed by atoms with Crippen LogP contribution in [-0.2, 0) is 22.6 Å². The molecule has 3 aromatic rings. The van der Waals surface area contributed by atoms with E-state index in [1.165, 1.54) is 0 Å². The van der Waals surface area contributed by atoms with Gasteiger partial charge in [-0.05, 0) is 29.8 Å². The third-order valence-corrected chi connectivity index (χ3v) is 4.07. The fraction of sp³-hybridized carbons (Fsp3) is 0.158. The Balaban J connectivity index is 1.47. The number of H-pyrrole nitrogens is 1. The van der Waals surface area contributed by atoms with Crippen molar-refractivity contribution in [2.75, 3.05) is 0 Å². The van der Waals surface area contributed by atoms with Gasteiger partial charge in [0.25, 0.3) is 5.91 Å². The van der Waals surface area contributed by atoms with Crippen molar-refractivity contribution in [2.24, 2.45) is 0 Å². The van der Waals surface area contributed by atoms with Crippen LogP contribution in [0.1, 0.15) is 11.3 Å². The Morgan fingerprint density at radius 2 is 1.88 bits per heavy atom. The number of fused-ring (bicyclic) bond motifs is 1. The molecule has 126 valence electrons. The van der Waals surface area contributed by atoms with Crippen molar-refractivity contribution >= 4 is 22.9 Å². The average Bonchev–Trinajstić information content (AvgIpc) is 3.15. The van der Waals surface area contributed by atoms with E-state index < -0.39 is 18.1 Å². The second-order valence-electron chi connectivity index (χ2n) is 5.91. The Bertz CT molecular complexity index is 933. The Labute approximate surface area is 143 Å². The van der Waals surface area contributed by atoms with Crippen molar-refractivity contribution in [1.82, 2.24) is 10.3 Å². The summed E-state index contributed by atoms with van der Waals surface area (Å²) in [5, 5.41) is 3.11. The first-order chi connectivity index (χ1) is 12.2. The molecule has 6 nitrogen and oxygen atoms in total. The molecule has 0 radical (unpaired) electrons. The highest BCUT2D eigenvalue weighted by molar-refractivity contribution is 6.00. The van der Waals surface area contributed by atoms with Gasteiger partial charge in [-0.15, -0.1) is 0 Å². The topological polar surface area (TPSA) is 80.4 Å². The van der Waals surface area contributed by atoms with Gasteiger partial charge in [-0.25, -0.2) is 4.79 Å². The maximum Gasteiger partial charge on any atom is 0.414 e. The molecule has 0 aliphatic carbocycles. The number of rotatable bonds is 5. The molecule has 1 atom stereocenters. The predicted octanol–water partition coefficient (Wildman–Crippen LogP) is 2.92. The van der Waals surface area contributed by atoms with E-state index in [4.69, 9.17) is 9.47 Å². The number of ether oxygens (including phenoxy) is 2. The van der Waals surface area contributed by atoms with Crippen LogP contribution in [0.4, 0.5) is 4.79 Å². The maximum atomic E-state index is 11.6. The number of imide groups is 1. The number of benzene rings is 2. The first-order valence-corrected chi connectivity index (χ1v) is 7.97. The van der Waals surface area contributed by atoms with Gasteiger partial charge in [0.15, 0.2) is 6.10 Å². The van der Waals surface area contributed by atoms with Crippen LogP contribution in [0.3, 0.4) is 0 Å². The SMILES string of the molecule is O=C1NC(=O)C(Cc2cc3cc(OCc4ccccc4)ccc3[nH]2)O1. The van der Waals surface area contributed by atoms with E-state index in [2.05, 4.69) is 10.3 Å². The molecule has 1 aliphatic heterocycles. The van der Waals surface area contributed by atoms with Crippen molar-refractivity contribution in [3.63, 3.8) is 0 Å². The molecule has 6 heteroatoms. The maximum absolute atomic E-state index is 11.6. The number of carbonyl (C=O) groups is 2. The third kappa shape index (κ3) is 3.33. The molecule has 2 aromatic carbocycles. The predicted molar refractivity (Wildman–Crippen MR) is 91.2 cm³/mol. The zero-order chi connectivity index (χ0) is 17.2. The van der Waals surface area contributed by atoms with E-state index in [-0.39, 0.29) is 0 Å². The first-order valence-electron chi connectivity index (χ1n) is 7.97. The highest BCUT2D eigenvalue weighted by Gasteiger charge is 2.32. The Kier molecular flexibility index (Phi) is 3.85. The lowest BCUT2D eigenvalue weighted by atomic mass is 10.2. The molecular weight excluding hydrogens is 320 g/mol. The molecule has 4 rings (SSSR count). The van der Waals surface area contributed by atoms with E-state index in [0.29, 0.717) is 13.0 Å². The third-order valence-electron chi connectivity index (χ3n) is 4.07. The fourth-order valence-corrected chi connectivity index (χ4v) is 2.84. The first kappa shape index (κ1) is 15.3. The number of alkyl carbamates (subject to hydrolysis) is 1. The van der Waals surface area contributed by atoms with Crippen molar-refractivity contribution < 1.29 is 19.1 Å². The van der Waals surface area contributed by atoms with Crippen LogP contribution >= 0.6 is 0 Å². The fourth-order valence-electron chi connectivity index (χ4n) is 2.84. The summed E-state index contributed by atoms with van der Waals surface area (Å²) in [7, 11) is 0. The molecule has 1 saturated heterocycles. The summed E-state index contributed by atoms with van der Waals surface area (Å²) in [4.78, 5) is 25.9. The monoisotopic (exact) mass is 336 g/mol. The van der Waals surface area contributed by atoms with Crippen LogP contribution in [0.2, 0.25) is 0 Å². The number of nitrogens with one attached hydrogen (secondary N) is 2. The summed E-state index contributed by atoms with van der Waals surface area (Å²) >= 11 is 0. The standard InChI is InChI=1S/C19H16N2O4/c22-18-17(25-19(23)21-18)10-14-8-13-9-15(6-7-16(13)20-14)24-11-12-4-2-1-3-5-12/h1-9,17,20H,10-11H2,(H,21,22,23). The molecule has 1 fully saturated rings. The summed E-state index contributed by atoms with van der Waals surface area (Å²) < 4.78 is 10.8. The molecule has 1 unspecified atom stereocenters. The van der Waals surface area contributed by atoms with Gasteiger partial charge in [0, 0.05) is 23.0 Å². The van der Waals surface area contributed by atoms with Crippen LogP contribution in [0.15, 0.2) is 54.6 Å². The van der Waals surface area contributed by atoms with Gasteiger partial charge in [-0.3, -0.25) is 10.1 Å². The van der Waals surface area contributed by atoms with Gasteiger partial charge in [-0.2, -0.15) is 0 Å². The summed E-state index contributed by atoms with van der Waals surface area (Å²) in [5.74, 6) is 0.363.